The Morgan fingerprint density at radius 2 is 2.13 bits per heavy atom. The van der Waals surface area contributed by atoms with Gasteiger partial charge in [-0.15, -0.1) is 10.2 Å². The van der Waals surface area contributed by atoms with E-state index in [-0.39, 0.29) is 5.91 Å². The fourth-order valence-electron chi connectivity index (χ4n) is 1.12. The SMILES string of the molecule is CNc1nnc(C(=O)NCC(C)C)n1C. The van der Waals surface area contributed by atoms with Crippen LogP contribution >= 0.6 is 0 Å². The van der Waals surface area contributed by atoms with Crippen molar-refractivity contribution < 1.29 is 4.79 Å². The molecule has 1 aromatic rings. The first kappa shape index (κ1) is 11.5. The minimum Gasteiger partial charge on any atom is -0.357 e. The molecule has 2 N–H and O–H groups in total. The monoisotopic (exact) mass is 211 g/mol. The first-order chi connectivity index (χ1) is 7.06. The van der Waals surface area contributed by atoms with Crippen molar-refractivity contribution in [2.45, 2.75) is 13.8 Å². The van der Waals surface area contributed by atoms with Crippen LogP contribution in [0.2, 0.25) is 0 Å². The fraction of sp³-hybridized carbons (Fsp3) is 0.667. The Morgan fingerprint density at radius 1 is 1.47 bits per heavy atom. The van der Waals surface area contributed by atoms with Crippen molar-refractivity contribution in [1.82, 2.24) is 20.1 Å². The normalized spacial score (nSPS) is 10.5. The third-order valence-corrected chi connectivity index (χ3v) is 1.97. The molecule has 0 saturated heterocycles. The second kappa shape index (κ2) is 4.77. The number of nitrogens with one attached hydrogen (secondary N) is 2. The maximum atomic E-state index is 11.6. The Morgan fingerprint density at radius 3 is 2.60 bits per heavy atom. The van der Waals surface area contributed by atoms with Gasteiger partial charge in [0.2, 0.25) is 11.8 Å². The Bertz CT molecular complexity index is 344. The maximum Gasteiger partial charge on any atom is 0.289 e. The summed E-state index contributed by atoms with van der Waals surface area (Å²) in [7, 11) is 3.48. The summed E-state index contributed by atoms with van der Waals surface area (Å²) in [6.45, 7) is 4.71. The molecule has 0 unspecified atom stereocenters. The topological polar surface area (TPSA) is 71.8 Å². The highest BCUT2D eigenvalue weighted by Gasteiger charge is 2.14. The van der Waals surface area contributed by atoms with Crippen molar-refractivity contribution in [3.63, 3.8) is 0 Å². The van der Waals surface area contributed by atoms with Crippen LogP contribution in [0.25, 0.3) is 0 Å². The molecular weight excluding hydrogens is 194 g/mol. The fourth-order valence-corrected chi connectivity index (χ4v) is 1.12. The van der Waals surface area contributed by atoms with Gasteiger partial charge in [0.1, 0.15) is 0 Å². The van der Waals surface area contributed by atoms with Crippen LogP contribution in [0, 0.1) is 5.92 Å². The molecule has 6 heteroatoms. The van der Waals surface area contributed by atoms with Gasteiger partial charge in [0.05, 0.1) is 0 Å². The van der Waals surface area contributed by atoms with Crippen LogP contribution in [0.3, 0.4) is 0 Å². The number of anilines is 1. The number of nitrogens with zero attached hydrogens (tertiary/aromatic N) is 3. The zero-order valence-corrected chi connectivity index (χ0v) is 9.53. The number of hydrogen-bond donors (Lipinski definition) is 2. The molecule has 0 fully saturated rings. The molecule has 1 heterocycles. The number of carbonyl (C=O) groups excluding carboxylic acids is 1. The first-order valence-corrected chi connectivity index (χ1v) is 4.91. The molecule has 0 spiro atoms. The van der Waals surface area contributed by atoms with Crippen molar-refractivity contribution in [2.75, 3.05) is 18.9 Å². The van der Waals surface area contributed by atoms with Crippen LogP contribution in [-0.2, 0) is 7.05 Å². The summed E-state index contributed by atoms with van der Waals surface area (Å²) < 4.78 is 1.62. The second-order valence-corrected chi connectivity index (χ2v) is 3.76. The second-order valence-electron chi connectivity index (χ2n) is 3.76. The highest BCUT2D eigenvalue weighted by molar-refractivity contribution is 5.90. The Balaban J connectivity index is 2.69. The predicted molar refractivity (Wildman–Crippen MR) is 57.7 cm³/mol. The average molecular weight is 211 g/mol. The van der Waals surface area contributed by atoms with Gasteiger partial charge in [-0.05, 0) is 5.92 Å². The molecule has 15 heavy (non-hydrogen) atoms. The maximum absolute atomic E-state index is 11.6. The summed E-state index contributed by atoms with van der Waals surface area (Å²) in [5.41, 5.74) is 0. The van der Waals surface area contributed by atoms with Crippen molar-refractivity contribution in [1.29, 1.82) is 0 Å². The zero-order chi connectivity index (χ0) is 11.4. The molecule has 0 aliphatic heterocycles. The van der Waals surface area contributed by atoms with Crippen molar-refractivity contribution in [2.24, 2.45) is 13.0 Å². The lowest BCUT2D eigenvalue weighted by atomic mass is 10.2. The molecular formula is C9H17N5O. The number of carbonyl (C=O) groups is 1. The van der Waals surface area contributed by atoms with Crippen LogP contribution in [0.1, 0.15) is 24.5 Å². The summed E-state index contributed by atoms with van der Waals surface area (Å²) in [6.07, 6.45) is 0. The predicted octanol–water partition coefficient (Wildman–Crippen LogP) is 0.243. The van der Waals surface area contributed by atoms with E-state index in [1.807, 2.05) is 13.8 Å². The van der Waals surface area contributed by atoms with Crippen LogP contribution in [0.4, 0.5) is 5.95 Å². The summed E-state index contributed by atoms with van der Waals surface area (Å²) >= 11 is 0. The van der Waals surface area contributed by atoms with Crippen molar-refractivity contribution in [3.8, 4) is 0 Å². The lowest BCUT2D eigenvalue weighted by molar-refractivity contribution is 0.0935. The average Bonchev–Trinajstić information content (AvgIpc) is 2.56. The van der Waals surface area contributed by atoms with Gasteiger partial charge in [-0.3, -0.25) is 9.36 Å². The molecule has 6 nitrogen and oxygen atoms in total. The summed E-state index contributed by atoms with van der Waals surface area (Å²) in [5, 5.41) is 13.3. The van der Waals surface area contributed by atoms with Gasteiger partial charge in [0.25, 0.3) is 5.91 Å². The van der Waals surface area contributed by atoms with E-state index in [0.717, 1.165) is 0 Å². The Hall–Kier alpha value is -1.59. The van der Waals surface area contributed by atoms with E-state index in [0.29, 0.717) is 24.2 Å². The van der Waals surface area contributed by atoms with E-state index in [4.69, 9.17) is 0 Å². The lowest BCUT2D eigenvalue weighted by Crippen LogP contribution is -2.29. The molecule has 0 atom stereocenters. The molecule has 0 saturated carbocycles. The molecule has 1 aromatic heterocycles. The van der Waals surface area contributed by atoms with E-state index in [1.165, 1.54) is 0 Å². The molecule has 0 aliphatic carbocycles. The first-order valence-electron chi connectivity index (χ1n) is 4.91. The van der Waals surface area contributed by atoms with Crippen LogP contribution in [0.5, 0.6) is 0 Å². The van der Waals surface area contributed by atoms with Gasteiger partial charge in [-0.25, -0.2) is 0 Å². The zero-order valence-electron chi connectivity index (χ0n) is 9.53. The molecule has 84 valence electrons. The van der Waals surface area contributed by atoms with Crippen molar-refractivity contribution in [3.05, 3.63) is 5.82 Å². The standard InChI is InChI=1S/C9H17N5O/c1-6(2)5-11-8(15)7-12-13-9(10-3)14(7)4/h6H,5H2,1-4H3,(H,10,13)(H,11,15). The Kier molecular flexibility index (Phi) is 3.65. The highest BCUT2D eigenvalue weighted by atomic mass is 16.2. The molecule has 0 aliphatic rings. The summed E-state index contributed by atoms with van der Waals surface area (Å²) in [4.78, 5) is 11.6. The molecule has 1 amide bonds. The number of aromatic nitrogens is 3. The molecule has 0 aromatic carbocycles. The minimum absolute atomic E-state index is 0.194. The van der Waals surface area contributed by atoms with Crippen molar-refractivity contribution >= 4 is 11.9 Å². The van der Waals surface area contributed by atoms with Gasteiger partial charge in [-0.2, -0.15) is 0 Å². The van der Waals surface area contributed by atoms with E-state index < -0.39 is 0 Å². The van der Waals surface area contributed by atoms with E-state index in [9.17, 15) is 4.79 Å². The van der Waals surface area contributed by atoms with Gasteiger partial charge in [0.15, 0.2) is 0 Å². The summed E-state index contributed by atoms with van der Waals surface area (Å²) in [6, 6.07) is 0. The minimum atomic E-state index is -0.194. The highest BCUT2D eigenvalue weighted by Crippen LogP contribution is 2.03. The largest absolute Gasteiger partial charge is 0.357 e. The number of rotatable bonds is 4. The van der Waals surface area contributed by atoms with E-state index >= 15 is 0 Å². The number of amides is 1. The quantitative estimate of drug-likeness (QED) is 0.748. The molecule has 1 rings (SSSR count). The third kappa shape index (κ3) is 2.68. The van der Waals surface area contributed by atoms with Gasteiger partial charge in [0, 0.05) is 20.6 Å². The molecule has 0 bridgehead atoms. The van der Waals surface area contributed by atoms with Gasteiger partial charge in [-0.1, -0.05) is 13.8 Å². The van der Waals surface area contributed by atoms with Crippen LogP contribution in [-0.4, -0.2) is 34.3 Å². The number of hydrogen-bond acceptors (Lipinski definition) is 4. The smallest absolute Gasteiger partial charge is 0.289 e. The van der Waals surface area contributed by atoms with Crippen LogP contribution < -0.4 is 10.6 Å². The Labute approximate surface area is 89.1 Å². The third-order valence-electron chi connectivity index (χ3n) is 1.97. The van der Waals surface area contributed by atoms with E-state index in [1.54, 1.807) is 18.7 Å². The lowest BCUT2D eigenvalue weighted by Gasteiger charge is -2.07. The van der Waals surface area contributed by atoms with Crippen LogP contribution in [0.15, 0.2) is 0 Å². The molecule has 0 radical (unpaired) electrons. The van der Waals surface area contributed by atoms with Gasteiger partial charge < -0.3 is 10.6 Å². The summed E-state index contributed by atoms with van der Waals surface area (Å²) in [5.74, 6) is 1.12. The van der Waals surface area contributed by atoms with Gasteiger partial charge >= 0.3 is 0 Å². The van der Waals surface area contributed by atoms with E-state index in [2.05, 4.69) is 20.8 Å².